The number of ether oxygens (including phenoxy) is 1. The van der Waals surface area contributed by atoms with Crippen molar-refractivity contribution in [3.05, 3.63) is 0 Å². The zero-order valence-electron chi connectivity index (χ0n) is 20.6. The van der Waals surface area contributed by atoms with Crippen LogP contribution in [-0.2, 0) is 9.53 Å². The van der Waals surface area contributed by atoms with Crippen molar-refractivity contribution in [2.24, 2.45) is 11.8 Å². The number of rotatable bonds is 22. The molecule has 0 saturated heterocycles. The van der Waals surface area contributed by atoms with Gasteiger partial charge in [-0.1, -0.05) is 136 Å². The minimum Gasteiger partial charge on any atom is -0.469 e. The molecule has 0 aliphatic heterocycles. The highest BCUT2D eigenvalue weighted by Gasteiger charge is 2.11. The molecule has 2 heteroatoms. The van der Waals surface area contributed by atoms with E-state index in [1.54, 1.807) is 0 Å². The minimum absolute atomic E-state index is 0.0667. The molecule has 2 atom stereocenters. The molecule has 0 rings (SSSR count). The molecular formula is C27H54O2. The molecule has 0 fully saturated rings. The van der Waals surface area contributed by atoms with Gasteiger partial charge in [0.05, 0.1) is 7.11 Å². The van der Waals surface area contributed by atoms with Gasteiger partial charge >= 0.3 is 5.97 Å². The molecule has 0 amide bonds. The number of esters is 1. The molecule has 0 aromatic rings. The zero-order chi connectivity index (χ0) is 21.6. The van der Waals surface area contributed by atoms with Crippen molar-refractivity contribution in [2.75, 3.05) is 7.11 Å². The first-order valence-corrected chi connectivity index (χ1v) is 13.2. The summed E-state index contributed by atoms with van der Waals surface area (Å²) < 4.78 is 4.75. The van der Waals surface area contributed by atoms with Crippen LogP contribution in [0.5, 0.6) is 0 Å². The Labute approximate surface area is 184 Å². The van der Waals surface area contributed by atoms with Gasteiger partial charge in [-0.2, -0.15) is 0 Å². The predicted octanol–water partition coefficient (Wildman–Crippen LogP) is 9.25. The van der Waals surface area contributed by atoms with Crippen molar-refractivity contribution in [3.63, 3.8) is 0 Å². The van der Waals surface area contributed by atoms with Gasteiger partial charge in [0.2, 0.25) is 0 Å². The Morgan fingerprint density at radius 1 is 0.586 bits per heavy atom. The standard InChI is InChI=1S/C27H54O2/c1-5-6-7-8-9-10-11-12-13-14-15-16-17-18-19-20-21-25(2)22-23-26(3)24-27(28)29-4/h25-26H,5-24H2,1-4H3. The molecule has 0 saturated carbocycles. The number of unbranched alkanes of at least 4 members (excludes halogenated alkanes) is 15. The molecular weight excluding hydrogens is 356 g/mol. The van der Waals surface area contributed by atoms with Gasteiger partial charge in [-0.25, -0.2) is 0 Å². The van der Waals surface area contributed by atoms with Crippen LogP contribution in [0.3, 0.4) is 0 Å². The zero-order valence-corrected chi connectivity index (χ0v) is 20.6. The van der Waals surface area contributed by atoms with Crippen molar-refractivity contribution < 1.29 is 9.53 Å². The molecule has 0 bridgehead atoms. The summed E-state index contributed by atoms with van der Waals surface area (Å²) in [5.41, 5.74) is 0. The Morgan fingerprint density at radius 2 is 0.966 bits per heavy atom. The first kappa shape index (κ1) is 28.5. The van der Waals surface area contributed by atoms with Crippen LogP contribution in [0.25, 0.3) is 0 Å². The Bertz CT molecular complexity index is 339. The Hall–Kier alpha value is -0.530. The summed E-state index contributed by atoms with van der Waals surface area (Å²) in [6.45, 7) is 6.83. The van der Waals surface area contributed by atoms with Gasteiger partial charge in [-0.05, 0) is 18.3 Å². The summed E-state index contributed by atoms with van der Waals surface area (Å²) in [5, 5.41) is 0. The van der Waals surface area contributed by atoms with Crippen LogP contribution in [0.15, 0.2) is 0 Å². The summed E-state index contributed by atoms with van der Waals surface area (Å²) in [6, 6.07) is 0. The van der Waals surface area contributed by atoms with Gasteiger partial charge in [0, 0.05) is 6.42 Å². The van der Waals surface area contributed by atoms with Crippen LogP contribution >= 0.6 is 0 Å². The van der Waals surface area contributed by atoms with Crippen LogP contribution in [0.2, 0.25) is 0 Å². The second kappa shape index (κ2) is 22.2. The van der Waals surface area contributed by atoms with E-state index in [4.69, 9.17) is 4.74 Å². The lowest BCUT2D eigenvalue weighted by molar-refractivity contribution is -0.141. The summed E-state index contributed by atoms with van der Waals surface area (Å²) in [7, 11) is 1.48. The summed E-state index contributed by atoms with van der Waals surface area (Å²) in [4.78, 5) is 11.3. The first-order chi connectivity index (χ1) is 14.1. The second-order valence-electron chi connectivity index (χ2n) is 9.66. The van der Waals surface area contributed by atoms with Gasteiger partial charge in [-0.15, -0.1) is 0 Å². The van der Waals surface area contributed by atoms with E-state index in [-0.39, 0.29) is 5.97 Å². The third-order valence-electron chi connectivity index (χ3n) is 6.45. The fraction of sp³-hybridized carbons (Fsp3) is 0.963. The molecule has 0 radical (unpaired) electrons. The van der Waals surface area contributed by atoms with Crippen LogP contribution < -0.4 is 0 Å². The van der Waals surface area contributed by atoms with Gasteiger partial charge in [0.1, 0.15) is 0 Å². The largest absolute Gasteiger partial charge is 0.469 e. The third-order valence-corrected chi connectivity index (χ3v) is 6.45. The average Bonchev–Trinajstić information content (AvgIpc) is 2.71. The van der Waals surface area contributed by atoms with E-state index in [1.165, 1.54) is 123 Å². The van der Waals surface area contributed by atoms with E-state index in [9.17, 15) is 4.79 Å². The maximum atomic E-state index is 11.3. The monoisotopic (exact) mass is 410 g/mol. The Balaban J connectivity index is 3.24. The lowest BCUT2D eigenvalue weighted by Crippen LogP contribution is -2.08. The second-order valence-corrected chi connectivity index (χ2v) is 9.66. The van der Waals surface area contributed by atoms with E-state index in [2.05, 4.69) is 20.8 Å². The summed E-state index contributed by atoms with van der Waals surface area (Å²) in [6.07, 6.45) is 27.3. The molecule has 2 unspecified atom stereocenters. The van der Waals surface area contributed by atoms with E-state index in [0.717, 1.165) is 12.3 Å². The highest BCUT2D eigenvalue weighted by atomic mass is 16.5. The number of carbonyl (C=O) groups is 1. The van der Waals surface area contributed by atoms with Gasteiger partial charge in [0.15, 0.2) is 0 Å². The fourth-order valence-electron chi connectivity index (χ4n) is 4.22. The average molecular weight is 411 g/mol. The number of hydrogen-bond acceptors (Lipinski definition) is 2. The summed E-state index contributed by atoms with van der Waals surface area (Å²) >= 11 is 0. The third kappa shape index (κ3) is 22.0. The van der Waals surface area contributed by atoms with Crippen LogP contribution in [0.4, 0.5) is 0 Å². The van der Waals surface area contributed by atoms with Gasteiger partial charge < -0.3 is 4.74 Å². The predicted molar refractivity (Wildman–Crippen MR) is 128 cm³/mol. The molecule has 29 heavy (non-hydrogen) atoms. The quantitative estimate of drug-likeness (QED) is 0.131. The van der Waals surface area contributed by atoms with Crippen molar-refractivity contribution in [3.8, 4) is 0 Å². The molecule has 0 aromatic heterocycles. The van der Waals surface area contributed by atoms with Crippen LogP contribution in [0.1, 0.15) is 149 Å². The molecule has 174 valence electrons. The normalized spacial score (nSPS) is 13.4. The van der Waals surface area contributed by atoms with Crippen LogP contribution in [0, 0.1) is 11.8 Å². The lowest BCUT2D eigenvalue weighted by atomic mass is 9.92. The van der Waals surface area contributed by atoms with E-state index >= 15 is 0 Å². The number of methoxy groups -OCH3 is 1. The van der Waals surface area contributed by atoms with Crippen molar-refractivity contribution in [2.45, 2.75) is 149 Å². The van der Waals surface area contributed by atoms with Gasteiger partial charge in [-0.3, -0.25) is 4.79 Å². The maximum absolute atomic E-state index is 11.3. The van der Waals surface area contributed by atoms with Gasteiger partial charge in [0.25, 0.3) is 0 Å². The molecule has 2 nitrogen and oxygen atoms in total. The van der Waals surface area contributed by atoms with E-state index < -0.39 is 0 Å². The number of carbonyl (C=O) groups excluding carboxylic acids is 1. The van der Waals surface area contributed by atoms with Crippen molar-refractivity contribution in [1.82, 2.24) is 0 Å². The smallest absolute Gasteiger partial charge is 0.305 e. The molecule has 0 aliphatic carbocycles. The highest BCUT2D eigenvalue weighted by Crippen LogP contribution is 2.21. The minimum atomic E-state index is -0.0667. The molecule has 0 aliphatic rings. The lowest BCUT2D eigenvalue weighted by Gasteiger charge is -2.14. The topological polar surface area (TPSA) is 26.3 Å². The maximum Gasteiger partial charge on any atom is 0.305 e. The van der Waals surface area contributed by atoms with E-state index in [1.807, 2.05) is 0 Å². The summed E-state index contributed by atoms with van der Waals surface area (Å²) in [5.74, 6) is 1.18. The Kier molecular flexibility index (Phi) is 21.8. The molecule has 0 spiro atoms. The fourth-order valence-corrected chi connectivity index (χ4v) is 4.22. The van der Waals surface area contributed by atoms with Crippen LogP contribution in [-0.4, -0.2) is 13.1 Å². The molecule has 0 N–H and O–H groups in total. The van der Waals surface area contributed by atoms with Crippen molar-refractivity contribution in [1.29, 1.82) is 0 Å². The Morgan fingerprint density at radius 3 is 1.38 bits per heavy atom. The molecule has 0 heterocycles. The molecule has 0 aromatic carbocycles. The number of hydrogen-bond donors (Lipinski definition) is 0. The van der Waals surface area contributed by atoms with Crippen molar-refractivity contribution >= 4 is 5.97 Å². The SMILES string of the molecule is CCCCCCCCCCCCCCCCCCC(C)CCC(C)CC(=O)OC. The first-order valence-electron chi connectivity index (χ1n) is 13.2. The highest BCUT2D eigenvalue weighted by molar-refractivity contribution is 5.69. The van der Waals surface area contributed by atoms with E-state index in [0.29, 0.717) is 12.3 Å².